The lowest BCUT2D eigenvalue weighted by Crippen LogP contribution is -2.35. The van der Waals surface area contributed by atoms with Crippen LogP contribution in [0.2, 0.25) is 0 Å². The van der Waals surface area contributed by atoms with Crippen molar-refractivity contribution in [3.8, 4) is 17.1 Å². The van der Waals surface area contributed by atoms with E-state index in [-0.39, 0.29) is 11.7 Å². The maximum Gasteiger partial charge on any atom is 0.232 e. The average molecular weight is 526 g/mol. The van der Waals surface area contributed by atoms with Crippen molar-refractivity contribution in [2.75, 3.05) is 28.5 Å². The molecule has 3 aromatic rings. The molecule has 3 aliphatic rings. The van der Waals surface area contributed by atoms with Gasteiger partial charge in [0.2, 0.25) is 10.0 Å². The van der Waals surface area contributed by atoms with Gasteiger partial charge >= 0.3 is 0 Å². The molecule has 1 aromatic carbocycles. The first-order chi connectivity index (χ1) is 17.8. The van der Waals surface area contributed by atoms with Gasteiger partial charge in [0.15, 0.2) is 5.76 Å². The number of anilines is 2. The monoisotopic (exact) mass is 525 g/mol. The SMILES string of the molecule is CCS(=O)(=O)Nc1ccc(-n2cc(-c3ccc(C(O)C4CCCC4)o3)nn2)c(N2CCC3(CC2)CC3)c1. The third-order valence-corrected chi connectivity index (χ3v) is 9.81. The molecule has 9 nitrogen and oxygen atoms in total. The maximum absolute atomic E-state index is 12.2. The highest BCUT2D eigenvalue weighted by Crippen LogP contribution is 2.54. The van der Waals surface area contributed by atoms with Crippen molar-refractivity contribution in [3.63, 3.8) is 0 Å². The van der Waals surface area contributed by atoms with Gasteiger partial charge in [-0.05, 0) is 87.1 Å². The first-order valence-corrected chi connectivity index (χ1v) is 15.1. The molecule has 2 aromatic heterocycles. The fraction of sp³-hybridized carbons (Fsp3) is 0.556. The molecule has 198 valence electrons. The van der Waals surface area contributed by atoms with Crippen LogP contribution in [0.25, 0.3) is 17.1 Å². The summed E-state index contributed by atoms with van der Waals surface area (Å²) in [7, 11) is -3.39. The number of furan rings is 1. The molecule has 3 heterocycles. The third kappa shape index (κ3) is 5.01. The standard InChI is InChI=1S/C27H35N5O4S/c1-2-37(34,35)29-20-7-8-22(23(17-20)31-15-13-27(11-12-27)14-16-31)32-18-21(28-30-32)24-9-10-25(36-24)26(33)19-5-3-4-6-19/h7-10,17-19,26,29,33H,2-6,11-16H2,1H3. The first kappa shape index (κ1) is 24.5. The van der Waals surface area contributed by atoms with E-state index in [0.29, 0.717) is 28.3 Å². The molecule has 0 amide bonds. The molecule has 0 radical (unpaired) electrons. The van der Waals surface area contributed by atoms with Crippen molar-refractivity contribution in [2.24, 2.45) is 11.3 Å². The Kier molecular flexibility index (Phi) is 6.27. The van der Waals surface area contributed by atoms with Crippen molar-refractivity contribution in [1.29, 1.82) is 0 Å². The molecule has 10 heteroatoms. The highest BCUT2D eigenvalue weighted by atomic mass is 32.2. The Balaban J connectivity index is 1.28. The Morgan fingerprint density at radius 1 is 1.11 bits per heavy atom. The fourth-order valence-corrected chi connectivity index (χ4v) is 6.46. The van der Waals surface area contributed by atoms with E-state index < -0.39 is 16.1 Å². The van der Waals surface area contributed by atoms with Gasteiger partial charge in [0, 0.05) is 13.1 Å². The number of nitrogens with one attached hydrogen (secondary N) is 1. The van der Waals surface area contributed by atoms with E-state index in [0.717, 1.165) is 63.0 Å². The van der Waals surface area contributed by atoms with Gasteiger partial charge in [0.25, 0.3) is 0 Å². The molecule has 0 bridgehead atoms. The molecule has 2 N–H and O–H groups in total. The summed E-state index contributed by atoms with van der Waals surface area (Å²) < 4.78 is 34.8. The van der Waals surface area contributed by atoms with Crippen LogP contribution in [0.3, 0.4) is 0 Å². The lowest BCUT2D eigenvalue weighted by atomic mass is 9.93. The molecule has 2 saturated carbocycles. The number of aliphatic hydroxyl groups excluding tert-OH is 1. The third-order valence-electron chi connectivity index (χ3n) is 8.51. The van der Waals surface area contributed by atoms with Crippen LogP contribution in [0.5, 0.6) is 0 Å². The van der Waals surface area contributed by atoms with E-state index in [1.54, 1.807) is 17.7 Å². The highest BCUT2D eigenvalue weighted by Gasteiger charge is 2.44. The predicted octanol–water partition coefficient (Wildman–Crippen LogP) is 4.89. The van der Waals surface area contributed by atoms with Crippen molar-refractivity contribution < 1.29 is 17.9 Å². The van der Waals surface area contributed by atoms with Crippen molar-refractivity contribution in [2.45, 2.75) is 64.4 Å². The van der Waals surface area contributed by atoms with Gasteiger partial charge < -0.3 is 14.4 Å². The number of nitrogens with zero attached hydrogens (tertiary/aromatic N) is 4. The van der Waals surface area contributed by atoms with E-state index in [4.69, 9.17) is 4.42 Å². The zero-order valence-corrected chi connectivity index (χ0v) is 22.1. The van der Waals surface area contributed by atoms with Crippen LogP contribution in [0.4, 0.5) is 11.4 Å². The van der Waals surface area contributed by atoms with Gasteiger partial charge in [-0.2, -0.15) is 0 Å². The summed E-state index contributed by atoms with van der Waals surface area (Å²) >= 11 is 0. The number of aliphatic hydroxyl groups is 1. The smallest absolute Gasteiger partial charge is 0.232 e. The molecular weight excluding hydrogens is 490 g/mol. The summed E-state index contributed by atoms with van der Waals surface area (Å²) in [6, 6.07) is 9.23. The summed E-state index contributed by atoms with van der Waals surface area (Å²) in [4.78, 5) is 2.33. The topological polar surface area (TPSA) is 113 Å². The van der Waals surface area contributed by atoms with E-state index in [1.807, 2.05) is 30.5 Å². The molecule has 1 saturated heterocycles. The van der Waals surface area contributed by atoms with Gasteiger partial charge in [0.1, 0.15) is 17.6 Å². The Morgan fingerprint density at radius 2 is 1.86 bits per heavy atom. The second-order valence-electron chi connectivity index (χ2n) is 10.9. The van der Waals surface area contributed by atoms with Crippen molar-refractivity contribution >= 4 is 21.4 Å². The summed E-state index contributed by atoms with van der Waals surface area (Å²) in [6.07, 6.45) is 10.5. The van der Waals surface area contributed by atoms with E-state index in [2.05, 4.69) is 19.9 Å². The number of hydrogen-bond donors (Lipinski definition) is 2. The zero-order valence-electron chi connectivity index (χ0n) is 21.3. The second kappa shape index (κ2) is 9.47. The minimum Gasteiger partial charge on any atom is -0.457 e. The van der Waals surface area contributed by atoms with Crippen molar-refractivity contribution in [3.05, 3.63) is 42.3 Å². The number of piperidine rings is 1. The summed E-state index contributed by atoms with van der Waals surface area (Å²) in [5.74, 6) is 1.41. The zero-order chi connectivity index (χ0) is 25.6. The molecule has 6 rings (SSSR count). The molecule has 1 aliphatic heterocycles. The Morgan fingerprint density at radius 3 is 2.57 bits per heavy atom. The fourth-order valence-electron chi connectivity index (χ4n) is 5.83. The van der Waals surface area contributed by atoms with Gasteiger partial charge in [-0.1, -0.05) is 18.1 Å². The predicted molar refractivity (Wildman–Crippen MR) is 142 cm³/mol. The molecular formula is C27H35N5O4S. The number of sulfonamides is 1. The Hall–Kier alpha value is -2.85. The Bertz CT molecular complexity index is 1360. The summed E-state index contributed by atoms with van der Waals surface area (Å²) in [5, 5.41) is 19.5. The summed E-state index contributed by atoms with van der Waals surface area (Å²) in [5.41, 5.74) is 3.42. The normalized spacial score (nSPS) is 20.4. The van der Waals surface area contributed by atoms with Crippen LogP contribution in [0.1, 0.15) is 70.2 Å². The maximum atomic E-state index is 12.2. The van der Waals surface area contributed by atoms with Gasteiger partial charge in [-0.15, -0.1) is 5.10 Å². The van der Waals surface area contributed by atoms with E-state index in [9.17, 15) is 13.5 Å². The van der Waals surface area contributed by atoms with Crippen LogP contribution < -0.4 is 9.62 Å². The number of aromatic nitrogens is 3. The molecule has 37 heavy (non-hydrogen) atoms. The van der Waals surface area contributed by atoms with E-state index in [1.165, 1.54) is 12.8 Å². The highest BCUT2D eigenvalue weighted by molar-refractivity contribution is 7.92. The van der Waals surface area contributed by atoms with Crippen LogP contribution in [-0.4, -0.2) is 47.4 Å². The van der Waals surface area contributed by atoms with Gasteiger partial charge in [-0.3, -0.25) is 4.72 Å². The Labute approximate surface area is 217 Å². The lowest BCUT2D eigenvalue weighted by molar-refractivity contribution is 0.0894. The van der Waals surface area contributed by atoms with Crippen molar-refractivity contribution in [1.82, 2.24) is 15.0 Å². The lowest BCUT2D eigenvalue weighted by Gasteiger charge is -2.35. The van der Waals surface area contributed by atoms with Gasteiger partial charge in [0.05, 0.1) is 29.0 Å². The number of benzene rings is 1. The largest absolute Gasteiger partial charge is 0.457 e. The molecule has 1 spiro atoms. The first-order valence-electron chi connectivity index (χ1n) is 13.5. The van der Waals surface area contributed by atoms with Crippen LogP contribution >= 0.6 is 0 Å². The quantitative estimate of drug-likeness (QED) is 0.430. The van der Waals surface area contributed by atoms with E-state index >= 15 is 0 Å². The van der Waals surface area contributed by atoms with Crippen LogP contribution in [-0.2, 0) is 10.0 Å². The second-order valence-corrected chi connectivity index (χ2v) is 12.9. The van der Waals surface area contributed by atoms with Crippen LogP contribution in [0, 0.1) is 11.3 Å². The van der Waals surface area contributed by atoms with Gasteiger partial charge in [-0.25, -0.2) is 13.1 Å². The molecule has 3 fully saturated rings. The molecule has 2 aliphatic carbocycles. The van der Waals surface area contributed by atoms with Crippen LogP contribution in [0.15, 0.2) is 40.9 Å². The number of rotatable bonds is 8. The number of hydrogen-bond acceptors (Lipinski definition) is 7. The average Bonchev–Trinajstić information content (AvgIpc) is 3.39. The minimum absolute atomic E-state index is 0.0172. The summed E-state index contributed by atoms with van der Waals surface area (Å²) in [6.45, 7) is 3.49. The minimum atomic E-state index is -3.39. The molecule has 1 unspecified atom stereocenters. The molecule has 1 atom stereocenters.